The predicted molar refractivity (Wildman–Crippen MR) is 129 cm³/mol. The van der Waals surface area contributed by atoms with E-state index in [2.05, 4.69) is 53.9 Å². The number of fused-ring (bicyclic) bond motifs is 4. The Morgan fingerprint density at radius 2 is 2.19 bits per heavy atom. The van der Waals surface area contributed by atoms with E-state index in [1.165, 1.54) is 6.42 Å². The Balaban J connectivity index is 1.69. The second-order valence-corrected chi connectivity index (χ2v) is 10.4. The number of benzene rings is 1. The number of urea groups is 1. The summed E-state index contributed by atoms with van der Waals surface area (Å²) in [5, 5.41) is 7.43. The lowest BCUT2D eigenvalue weighted by Gasteiger charge is -2.51. The lowest BCUT2D eigenvalue weighted by molar-refractivity contribution is 0.00309. The van der Waals surface area contributed by atoms with Gasteiger partial charge in [0, 0.05) is 30.7 Å². The quantitative estimate of drug-likeness (QED) is 0.653. The van der Waals surface area contributed by atoms with Gasteiger partial charge >= 0.3 is 6.03 Å². The number of pyridine rings is 1. The van der Waals surface area contributed by atoms with Gasteiger partial charge in [-0.2, -0.15) is 0 Å². The molecule has 2 aromatic rings. The van der Waals surface area contributed by atoms with E-state index in [4.69, 9.17) is 4.74 Å². The highest BCUT2D eigenvalue weighted by Crippen LogP contribution is 2.42. The molecule has 172 valence electrons. The maximum Gasteiger partial charge on any atom is 0.315 e. The number of methoxy groups -OCH3 is 1. The number of piperidine rings is 3. The topological polar surface area (TPSA) is 66.5 Å². The van der Waals surface area contributed by atoms with Gasteiger partial charge in [0.1, 0.15) is 5.75 Å². The zero-order valence-electron chi connectivity index (χ0n) is 19.7. The van der Waals surface area contributed by atoms with Crippen LogP contribution in [0.5, 0.6) is 5.75 Å². The van der Waals surface area contributed by atoms with E-state index in [0.29, 0.717) is 18.4 Å². The molecular weight excluding hydrogens is 400 g/mol. The first kappa shape index (κ1) is 22.6. The zero-order chi connectivity index (χ0) is 22.9. The van der Waals surface area contributed by atoms with E-state index in [9.17, 15) is 4.79 Å². The maximum atomic E-state index is 13.0. The fraction of sp³-hybridized carbons (Fsp3) is 0.538. The van der Waals surface area contributed by atoms with Crippen LogP contribution < -0.4 is 15.4 Å². The molecule has 0 radical (unpaired) electrons. The third kappa shape index (κ3) is 4.75. The number of carbonyl (C=O) groups is 1. The van der Waals surface area contributed by atoms with Crippen molar-refractivity contribution in [2.45, 2.75) is 45.7 Å². The summed E-state index contributed by atoms with van der Waals surface area (Å²) in [4.78, 5) is 20.1. The summed E-state index contributed by atoms with van der Waals surface area (Å²) in [6, 6.07) is 7.96. The Morgan fingerprint density at radius 1 is 1.38 bits per heavy atom. The predicted octanol–water partition coefficient (Wildman–Crippen LogP) is 4.53. The van der Waals surface area contributed by atoms with Crippen molar-refractivity contribution in [1.29, 1.82) is 0 Å². The number of rotatable bonds is 6. The molecule has 6 nitrogen and oxygen atoms in total. The van der Waals surface area contributed by atoms with Crippen LogP contribution in [-0.2, 0) is 0 Å². The van der Waals surface area contributed by atoms with E-state index in [-0.39, 0.29) is 23.5 Å². The first-order valence-electron chi connectivity index (χ1n) is 11.6. The first-order valence-corrected chi connectivity index (χ1v) is 11.6. The van der Waals surface area contributed by atoms with Crippen molar-refractivity contribution in [3.8, 4) is 5.75 Å². The van der Waals surface area contributed by atoms with Crippen LogP contribution in [0.1, 0.15) is 45.2 Å². The summed E-state index contributed by atoms with van der Waals surface area (Å²) in [7, 11) is 1.67. The van der Waals surface area contributed by atoms with Crippen molar-refractivity contribution in [2.24, 2.45) is 17.3 Å². The van der Waals surface area contributed by atoms with Crippen LogP contribution in [0, 0.1) is 17.3 Å². The number of hydrogen-bond acceptors (Lipinski definition) is 4. The third-order valence-electron chi connectivity index (χ3n) is 6.92. The molecule has 3 aliphatic heterocycles. The van der Waals surface area contributed by atoms with Crippen molar-refractivity contribution in [3.63, 3.8) is 0 Å². The summed E-state index contributed by atoms with van der Waals surface area (Å²) in [5.41, 5.74) is 2.02. The molecule has 0 saturated carbocycles. The van der Waals surface area contributed by atoms with Crippen molar-refractivity contribution in [3.05, 3.63) is 48.7 Å². The molecule has 2 N–H and O–H groups in total. The van der Waals surface area contributed by atoms with E-state index >= 15 is 0 Å². The second kappa shape index (κ2) is 9.10. The van der Waals surface area contributed by atoms with Gasteiger partial charge < -0.3 is 15.4 Å². The fourth-order valence-corrected chi connectivity index (χ4v) is 5.19. The Hall–Kier alpha value is -2.60. The maximum absolute atomic E-state index is 13.0. The minimum Gasteiger partial charge on any atom is -0.497 e. The highest BCUT2D eigenvalue weighted by atomic mass is 16.5. The number of nitrogens with zero attached hydrogens (tertiary/aromatic N) is 2. The summed E-state index contributed by atoms with van der Waals surface area (Å²) in [6.45, 7) is 13.1. The second-order valence-electron chi connectivity index (χ2n) is 10.4. The van der Waals surface area contributed by atoms with Crippen LogP contribution in [0.3, 0.4) is 0 Å². The number of ether oxygens (including phenoxy) is 1. The Labute approximate surface area is 191 Å². The molecule has 3 fully saturated rings. The van der Waals surface area contributed by atoms with Crippen molar-refractivity contribution >= 4 is 16.9 Å². The van der Waals surface area contributed by atoms with Crippen LogP contribution in [0.4, 0.5) is 4.79 Å². The van der Waals surface area contributed by atoms with Gasteiger partial charge in [0.2, 0.25) is 0 Å². The van der Waals surface area contributed by atoms with Gasteiger partial charge in [0.25, 0.3) is 0 Å². The molecule has 0 aliphatic carbocycles. The Morgan fingerprint density at radius 3 is 2.84 bits per heavy atom. The molecule has 1 aromatic heterocycles. The molecule has 0 spiro atoms. The molecule has 4 heterocycles. The normalized spacial score (nSPS) is 25.9. The molecule has 3 unspecified atom stereocenters. The molecule has 2 amide bonds. The van der Waals surface area contributed by atoms with Crippen molar-refractivity contribution in [2.75, 3.05) is 26.7 Å². The third-order valence-corrected chi connectivity index (χ3v) is 6.92. The van der Waals surface area contributed by atoms with Crippen molar-refractivity contribution in [1.82, 2.24) is 20.5 Å². The molecule has 6 heteroatoms. The van der Waals surface area contributed by atoms with Crippen LogP contribution in [0.15, 0.2) is 43.1 Å². The average molecular weight is 437 g/mol. The molecule has 2 bridgehead atoms. The van der Waals surface area contributed by atoms with E-state index in [0.717, 1.165) is 41.7 Å². The number of aromatic nitrogens is 1. The minimum absolute atomic E-state index is 0.0220. The highest BCUT2D eigenvalue weighted by Gasteiger charge is 2.43. The average Bonchev–Trinajstić information content (AvgIpc) is 2.80. The Kier molecular flexibility index (Phi) is 6.42. The minimum atomic E-state index is -0.138. The first-order chi connectivity index (χ1) is 15.3. The van der Waals surface area contributed by atoms with Crippen LogP contribution in [0.25, 0.3) is 10.9 Å². The van der Waals surface area contributed by atoms with E-state index in [1.807, 2.05) is 30.5 Å². The summed E-state index contributed by atoms with van der Waals surface area (Å²) in [6.07, 6.45) is 6.20. The van der Waals surface area contributed by atoms with Crippen LogP contribution in [-0.4, -0.2) is 48.7 Å². The lowest BCUT2D eigenvalue weighted by atomic mass is 9.73. The summed E-state index contributed by atoms with van der Waals surface area (Å²) in [5.74, 6) is 1.94. The smallest absolute Gasteiger partial charge is 0.315 e. The van der Waals surface area contributed by atoms with E-state index < -0.39 is 0 Å². The molecule has 3 aliphatic rings. The van der Waals surface area contributed by atoms with Crippen molar-refractivity contribution < 1.29 is 9.53 Å². The van der Waals surface area contributed by atoms with Gasteiger partial charge in [0.15, 0.2) is 0 Å². The summed E-state index contributed by atoms with van der Waals surface area (Å²) < 4.78 is 5.49. The van der Waals surface area contributed by atoms with Gasteiger partial charge in [-0.05, 0) is 66.5 Å². The molecule has 32 heavy (non-hydrogen) atoms. The van der Waals surface area contributed by atoms with Crippen LogP contribution >= 0.6 is 0 Å². The SMILES string of the molecule is C=CC1CN2CCC1C[C@H]2[C@@H](NC(=O)NCC(C)(C)C)c1ccnc2ccc(OC)cc12. The number of carbonyl (C=O) groups excluding carboxylic acids is 1. The zero-order valence-corrected chi connectivity index (χ0v) is 19.7. The monoisotopic (exact) mass is 436 g/mol. The number of hydrogen-bond donors (Lipinski definition) is 2. The van der Waals surface area contributed by atoms with E-state index in [1.54, 1.807) is 7.11 Å². The highest BCUT2D eigenvalue weighted by molar-refractivity contribution is 5.85. The van der Waals surface area contributed by atoms with Gasteiger partial charge in [-0.3, -0.25) is 9.88 Å². The van der Waals surface area contributed by atoms with Gasteiger partial charge in [0.05, 0.1) is 18.7 Å². The standard InChI is InChI=1S/C26H36N4O2/c1-6-17-15-30-12-10-18(17)13-23(30)24(29-25(31)28-16-26(2,3)4)20-9-11-27-22-8-7-19(32-5)14-21(20)22/h6-9,11,14,17-18,23-24H,1,10,12-13,15-16H2,2-5H3,(H2,28,29,31)/t17?,18?,23-,24-/m0/s1. The molecule has 3 saturated heterocycles. The Bertz CT molecular complexity index is 983. The largest absolute Gasteiger partial charge is 0.497 e. The number of nitrogens with one attached hydrogen (secondary N) is 2. The molecular formula is C26H36N4O2. The van der Waals surface area contributed by atoms with Gasteiger partial charge in [-0.1, -0.05) is 26.8 Å². The summed E-state index contributed by atoms with van der Waals surface area (Å²) >= 11 is 0. The van der Waals surface area contributed by atoms with Crippen LogP contribution in [0.2, 0.25) is 0 Å². The molecule has 5 atom stereocenters. The molecule has 5 rings (SSSR count). The number of amides is 2. The van der Waals surface area contributed by atoms with Gasteiger partial charge in [-0.15, -0.1) is 6.58 Å². The fourth-order valence-electron chi connectivity index (χ4n) is 5.19. The van der Waals surface area contributed by atoms with Gasteiger partial charge in [-0.25, -0.2) is 4.79 Å². The molecule has 1 aromatic carbocycles. The lowest BCUT2D eigenvalue weighted by Crippen LogP contribution is -2.58.